The van der Waals surface area contributed by atoms with E-state index in [1.807, 2.05) is 13.0 Å². The molecule has 0 amide bonds. The van der Waals surface area contributed by atoms with E-state index in [9.17, 15) is 0 Å². The molecule has 15 heavy (non-hydrogen) atoms. The van der Waals surface area contributed by atoms with Gasteiger partial charge in [-0.1, -0.05) is 13.8 Å². The van der Waals surface area contributed by atoms with Crippen LogP contribution in [0.3, 0.4) is 0 Å². The molecule has 80 valence electrons. The van der Waals surface area contributed by atoms with Crippen LogP contribution >= 0.6 is 11.3 Å². The molecule has 0 saturated carbocycles. The van der Waals surface area contributed by atoms with Crippen LogP contribution in [0.25, 0.3) is 11.4 Å². The van der Waals surface area contributed by atoms with Gasteiger partial charge in [-0.05, 0) is 13.0 Å². The Kier molecular flexibility index (Phi) is 2.48. The van der Waals surface area contributed by atoms with Crippen molar-refractivity contribution in [2.75, 3.05) is 5.73 Å². The molecule has 0 aliphatic heterocycles. The Morgan fingerprint density at radius 2 is 2.20 bits per heavy atom. The summed E-state index contributed by atoms with van der Waals surface area (Å²) in [6.07, 6.45) is 0. The van der Waals surface area contributed by atoms with Gasteiger partial charge in [0.05, 0.1) is 10.6 Å². The number of aromatic amines is 1. The Balaban J connectivity index is 2.41. The van der Waals surface area contributed by atoms with Crippen LogP contribution in [0.1, 0.15) is 30.5 Å². The molecule has 2 aromatic rings. The number of rotatable bonds is 2. The van der Waals surface area contributed by atoms with Gasteiger partial charge in [0.2, 0.25) is 0 Å². The maximum absolute atomic E-state index is 5.88. The number of H-pyrrole nitrogens is 1. The molecular formula is C10H14N4S. The maximum atomic E-state index is 5.88. The lowest BCUT2D eigenvalue weighted by Crippen LogP contribution is -1.89. The predicted octanol–water partition coefficient (Wildman–Crippen LogP) is 2.55. The van der Waals surface area contributed by atoms with Crippen LogP contribution in [0, 0.1) is 6.92 Å². The number of thiophene rings is 1. The Hall–Kier alpha value is -1.36. The highest BCUT2D eigenvalue weighted by atomic mass is 32.1. The number of nitrogens with one attached hydrogen (secondary N) is 1. The van der Waals surface area contributed by atoms with Crippen LogP contribution < -0.4 is 5.73 Å². The Bertz CT molecular complexity index is 469. The number of hydrogen-bond acceptors (Lipinski definition) is 4. The first-order valence-corrected chi connectivity index (χ1v) is 5.68. The van der Waals surface area contributed by atoms with E-state index in [1.54, 1.807) is 11.3 Å². The monoisotopic (exact) mass is 222 g/mol. The second kappa shape index (κ2) is 3.66. The molecule has 0 saturated heterocycles. The van der Waals surface area contributed by atoms with E-state index in [0.29, 0.717) is 11.7 Å². The Morgan fingerprint density at radius 3 is 2.67 bits per heavy atom. The molecule has 4 nitrogen and oxygen atoms in total. The zero-order valence-corrected chi connectivity index (χ0v) is 9.85. The largest absolute Gasteiger partial charge is 0.390 e. The number of nitrogen functional groups attached to an aromatic ring is 1. The van der Waals surface area contributed by atoms with Gasteiger partial charge in [-0.3, -0.25) is 5.10 Å². The fourth-order valence-corrected chi connectivity index (χ4v) is 2.14. The zero-order valence-electron chi connectivity index (χ0n) is 9.03. The molecule has 0 spiro atoms. The topological polar surface area (TPSA) is 67.6 Å². The summed E-state index contributed by atoms with van der Waals surface area (Å²) in [5.74, 6) is 1.95. The van der Waals surface area contributed by atoms with Gasteiger partial charge in [-0.15, -0.1) is 11.3 Å². The van der Waals surface area contributed by atoms with Crippen molar-refractivity contribution in [1.29, 1.82) is 0 Å². The second-order valence-electron chi connectivity index (χ2n) is 3.83. The van der Waals surface area contributed by atoms with Crippen LogP contribution in [-0.4, -0.2) is 15.2 Å². The Morgan fingerprint density at radius 1 is 1.47 bits per heavy atom. The van der Waals surface area contributed by atoms with Crippen molar-refractivity contribution in [3.05, 3.63) is 16.8 Å². The normalized spacial score (nSPS) is 11.2. The number of nitrogens with two attached hydrogens (primary N) is 1. The Labute approximate surface area is 92.5 Å². The minimum atomic E-state index is 0.354. The summed E-state index contributed by atoms with van der Waals surface area (Å²) in [5, 5.41) is 7.88. The fourth-order valence-electron chi connectivity index (χ4n) is 1.36. The fraction of sp³-hybridized carbons (Fsp3) is 0.400. The van der Waals surface area contributed by atoms with E-state index in [-0.39, 0.29) is 0 Å². The first kappa shape index (κ1) is 10.2. The van der Waals surface area contributed by atoms with Crippen molar-refractivity contribution in [1.82, 2.24) is 15.2 Å². The summed E-state index contributed by atoms with van der Waals surface area (Å²) in [5.41, 5.74) is 6.81. The van der Waals surface area contributed by atoms with E-state index < -0.39 is 0 Å². The lowest BCUT2D eigenvalue weighted by molar-refractivity contribution is 0.781. The molecule has 0 fully saturated rings. The standard InChI is InChI=1S/C10H14N4S/c1-5(2)9-12-10(14-13-9)7-4-6(3)15-8(7)11/h4-5H,11H2,1-3H3,(H,12,13,14). The number of anilines is 1. The van der Waals surface area contributed by atoms with Crippen LogP contribution in [0.5, 0.6) is 0 Å². The highest BCUT2D eigenvalue weighted by molar-refractivity contribution is 7.16. The van der Waals surface area contributed by atoms with Gasteiger partial charge in [0.1, 0.15) is 5.82 Å². The summed E-state index contributed by atoms with van der Waals surface area (Å²) in [6, 6.07) is 2.02. The molecule has 0 bridgehead atoms. The molecule has 5 heteroatoms. The van der Waals surface area contributed by atoms with Gasteiger partial charge < -0.3 is 5.73 Å². The van der Waals surface area contributed by atoms with E-state index in [0.717, 1.165) is 16.4 Å². The molecular weight excluding hydrogens is 208 g/mol. The minimum absolute atomic E-state index is 0.354. The van der Waals surface area contributed by atoms with Crippen molar-refractivity contribution in [2.45, 2.75) is 26.7 Å². The summed E-state index contributed by atoms with van der Waals surface area (Å²) < 4.78 is 0. The van der Waals surface area contributed by atoms with E-state index in [2.05, 4.69) is 29.0 Å². The van der Waals surface area contributed by atoms with E-state index in [1.165, 1.54) is 4.88 Å². The van der Waals surface area contributed by atoms with Gasteiger partial charge in [-0.25, -0.2) is 4.98 Å². The first-order valence-electron chi connectivity index (χ1n) is 4.86. The first-order chi connectivity index (χ1) is 7.08. The molecule has 2 aromatic heterocycles. The third kappa shape index (κ3) is 1.87. The van der Waals surface area contributed by atoms with Gasteiger partial charge in [0, 0.05) is 10.8 Å². The summed E-state index contributed by atoms with van der Waals surface area (Å²) in [6.45, 7) is 6.18. The third-order valence-corrected chi connectivity index (χ3v) is 3.05. The average molecular weight is 222 g/mol. The molecule has 2 rings (SSSR count). The maximum Gasteiger partial charge on any atom is 0.184 e. The van der Waals surface area contributed by atoms with Crippen LogP contribution in [-0.2, 0) is 0 Å². The van der Waals surface area contributed by atoms with Crippen LogP contribution in [0.4, 0.5) is 5.00 Å². The van der Waals surface area contributed by atoms with Crippen molar-refractivity contribution < 1.29 is 0 Å². The van der Waals surface area contributed by atoms with Gasteiger partial charge in [0.25, 0.3) is 0 Å². The molecule has 0 unspecified atom stereocenters. The molecule has 0 atom stereocenters. The molecule has 0 aromatic carbocycles. The molecule has 0 aliphatic carbocycles. The quantitative estimate of drug-likeness (QED) is 0.820. The van der Waals surface area contributed by atoms with Crippen molar-refractivity contribution in [3.8, 4) is 11.4 Å². The molecule has 2 heterocycles. The average Bonchev–Trinajstić information content (AvgIpc) is 2.71. The van der Waals surface area contributed by atoms with E-state index in [4.69, 9.17) is 5.73 Å². The molecule has 3 N–H and O–H groups in total. The SMILES string of the molecule is Cc1cc(-c2n[nH]c(C(C)C)n2)c(N)s1. The zero-order chi connectivity index (χ0) is 11.0. The number of hydrogen-bond donors (Lipinski definition) is 2. The van der Waals surface area contributed by atoms with Crippen molar-refractivity contribution in [3.63, 3.8) is 0 Å². The third-order valence-electron chi connectivity index (χ3n) is 2.17. The van der Waals surface area contributed by atoms with Crippen LogP contribution in [0.15, 0.2) is 6.07 Å². The van der Waals surface area contributed by atoms with Gasteiger partial charge >= 0.3 is 0 Å². The van der Waals surface area contributed by atoms with Gasteiger partial charge in [0.15, 0.2) is 5.82 Å². The summed E-state index contributed by atoms with van der Waals surface area (Å²) in [7, 11) is 0. The lowest BCUT2D eigenvalue weighted by Gasteiger charge is -1.95. The van der Waals surface area contributed by atoms with Gasteiger partial charge in [-0.2, -0.15) is 5.10 Å². The van der Waals surface area contributed by atoms with E-state index >= 15 is 0 Å². The van der Waals surface area contributed by atoms with Crippen molar-refractivity contribution in [2.24, 2.45) is 0 Å². The minimum Gasteiger partial charge on any atom is -0.390 e. The number of nitrogens with zero attached hydrogens (tertiary/aromatic N) is 2. The summed E-state index contributed by atoms with van der Waals surface area (Å²) >= 11 is 1.57. The summed E-state index contributed by atoms with van der Waals surface area (Å²) in [4.78, 5) is 5.59. The number of aryl methyl sites for hydroxylation is 1. The second-order valence-corrected chi connectivity index (χ2v) is 5.12. The lowest BCUT2D eigenvalue weighted by atomic mass is 10.2. The predicted molar refractivity (Wildman–Crippen MR) is 62.9 cm³/mol. The molecule has 0 radical (unpaired) electrons. The van der Waals surface area contributed by atoms with Crippen molar-refractivity contribution >= 4 is 16.3 Å². The smallest absolute Gasteiger partial charge is 0.184 e. The molecule has 0 aliphatic rings. The highest BCUT2D eigenvalue weighted by Crippen LogP contribution is 2.31. The highest BCUT2D eigenvalue weighted by Gasteiger charge is 2.12. The number of aromatic nitrogens is 3. The van der Waals surface area contributed by atoms with Crippen LogP contribution in [0.2, 0.25) is 0 Å².